The van der Waals surface area contributed by atoms with Crippen molar-refractivity contribution in [3.05, 3.63) is 65.7 Å². The Balaban J connectivity index is 1.47. The third kappa shape index (κ3) is 4.50. The van der Waals surface area contributed by atoms with Crippen molar-refractivity contribution >= 4 is 39.2 Å². The Labute approximate surface area is 189 Å². The van der Waals surface area contributed by atoms with Gasteiger partial charge in [-0.1, -0.05) is 32.0 Å². The van der Waals surface area contributed by atoms with Crippen molar-refractivity contribution in [2.24, 2.45) is 5.92 Å². The molecule has 0 aliphatic rings. The molecule has 164 valence electrons. The van der Waals surface area contributed by atoms with E-state index in [1.807, 2.05) is 49.7 Å². The summed E-state index contributed by atoms with van der Waals surface area (Å²) in [4.78, 5) is 33.4. The molecule has 0 spiro atoms. The van der Waals surface area contributed by atoms with Crippen LogP contribution in [0.4, 0.5) is 5.13 Å². The summed E-state index contributed by atoms with van der Waals surface area (Å²) in [6.45, 7) is 3.77. The zero-order valence-corrected chi connectivity index (χ0v) is 18.8. The molecule has 0 bridgehead atoms. The van der Waals surface area contributed by atoms with Crippen LogP contribution in [-0.4, -0.2) is 34.9 Å². The van der Waals surface area contributed by atoms with Crippen LogP contribution in [0.1, 0.15) is 24.2 Å². The van der Waals surface area contributed by atoms with Gasteiger partial charge in [-0.15, -0.1) is 11.3 Å². The molecule has 0 saturated heterocycles. The lowest BCUT2D eigenvalue weighted by molar-refractivity contribution is -0.118. The van der Waals surface area contributed by atoms with Gasteiger partial charge in [0.05, 0.1) is 12.8 Å². The second-order valence-corrected chi connectivity index (χ2v) is 8.56. The summed E-state index contributed by atoms with van der Waals surface area (Å²) in [5.41, 5.74) is 3.25. The number of carbonyl (C=O) groups is 2. The summed E-state index contributed by atoms with van der Waals surface area (Å²) in [6, 6.07) is 14.0. The van der Waals surface area contributed by atoms with Gasteiger partial charge in [0.1, 0.15) is 11.8 Å². The molecule has 0 aliphatic heterocycles. The molecular weight excluding hydrogens is 424 g/mol. The fraction of sp³-hybridized carbons (Fsp3) is 0.208. The molecule has 2 heterocycles. The molecule has 2 amide bonds. The third-order valence-electron chi connectivity index (χ3n) is 5.19. The summed E-state index contributed by atoms with van der Waals surface area (Å²) >= 11 is 1.35. The van der Waals surface area contributed by atoms with E-state index in [4.69, 9.17) is 4.74 Å². The summed E-state index contributed by atoms with van der Waals surface area (Å²) in [5.74, 6) is -0.0680. The van der Waals surface area contributed by atoms with Gasteiger partial charge in [0.25, 0.3) is 5.91 Å². The molecule has 7 nitrogen and oxygen atoms in total. The van der Waals surface area contributed by atoms with Crippen molar-refractivity contribution in [2.75, 3.05) is 12.4 Å². The predicted octanol–water partition coefficient (Wildman–Crippen LogP) is 4.69. The van der Waals surface area contributed by atoms with Crippen LogP contribution in [0.5, 0.6) is 5.75 Å². The first-order chi connectivity index (χ1) is 15.5. The molecule has 2 aromatic heterocycles. The van der Waals surface area contributed by atoms with Gasteiger partial charge >= 0.3 is 0 Å². The molecule has 0 radical (unpaired) electrons. The Kier molecular flexibility index (Phi) is 6.23. The first-order valence-electron chi connectivity index (χ1n) is 10.2. The lowest BCUT2D eigenvalue weighted by atomic mass is 10.0. The van der Waals surface area contributed by atoms with Gasteiger partial charge in [0.15, 0.2) is 5.13 Å². The number of hydrogen-bond acceptors (Lipinski definition) is 5. The number of amides is 2. The van der Waals surface area contributed by atoms with Gasteiger partial charge in [-0.2, -0.15) is 0 Å². The van der Waals surface area contributed by atoms with Gasteiger partial charge in [0, 0.05) is 33.6 Å². The number of hydrogen-bond donors (Lipinski definition) is 3. The lowest BCUT2D eigenvalue weighted by Crippen LogP contribution is -2.47. The maximum atomic E-state index is 12.9. The maximum Gasteiger partial charge on any atom is 0.251 e. The van der Waals surface area contributed by atoms with Crippen LogP contribution < -0.4 is 15.4 Å². The number of nitrogens with one attached hydrogen (secondary N) is 3. The van der Waals surface area contributed by atoms with Crippen molar-refractivity contribution in [2.45, 2.75) is 19.9 Å². The molecule has 4 rings (SSSR count). The fourth-order valence-electron chi connectivity index (χ4n) is 3.42. The minimum Gasteiger partial charge on any atom is -0.497 e. The summed E-state index contributed by atoms with van der Waals surface area (Å²) in [7, 11) is 1.57. The first-order valence-corrected chi connectivity index (χ1v) is 11.1. The number of methoxy groups -OCH3 is 1. The molecule has 4 aromatic rings. The lowest BCUT2D eigenvalue weighted by Gasteiger charge is -2.21. The number of para-hydroxylation sites is 1. The highest BCUT2D eigenvalue weighted by atomic mass is 32.1. The smallest absolute Gasteiger partial charge is 0.251 e. The van der Waals surface area contributed by atoms with Gasteiger partial charge in [0.2, 0.25) is 5.91 Å². The fourth-order valence-corrected chi connectivity index (χ4v) is 4.14. The van der Waals surface area contributed by atoms with Crippen LogP contribution in [0.2, 0.25) is 0 Å². The number of rotatable bonds is 7. The highest BCUT2D eigenvalue weighted by Gasteiger charge is 2.25. The monoisotopic (exact) mass is 448 g/mol. The largest absolute Gasteiger partial charge is 0.497 e. The molecule has 2 aromatic carbocycles. The van der Waals surface area contributed by atoms with E-state index in [-0.39, 0.29) is 17.7 Å². The Bertz CT molecular complexity index is 1240. The molecule has 32 heavy (non-hydrogen) atoms. The number of H-pyrrole nitrogens is 1. The minimum absolute atomic E-state index is 0.106. The average Bonchev–Trinajstić information content (AvgIpc) is 3.43. The second-order valence-electron chi connectivity index (χ2n) is 7.70. The standard InChI is InChI=1S/C24H24N4O3S/c1-14(2)21(27-22(29)15-8-10-16(31-3)11-9-15)23(30)28-24-26-20(13-32-24)18-12-25-19-7-5-4-6-17(18)19/h4-14,21,25H,1-3H3,(H,27,29)(H,26,28,30). The molecule has 1 unspecified atom stereocenters. The number of ether oxygens (including phenoxy) is 1. The Morgan fingerprint density at radius 2 is 1.84 bits per heavy atom. The number of anilines is 1. The maximum absolute atomic E-state index is 12.9. The summed E-state index contributed by atoms with van der Waals surface area (Å²) in [6.07, 6.45) is 1.91. The topological polar surface area (TPSA) is 96.1 Å². The second kappa shape index (κ2) is 9.23. The molecule has 0 aliphatic carbocycles. The van der Waals surface area contributed by atoms with Crippen LogP contribution in [0, 0.1) is 5.92 Å². The van der Waals surface area contributed by atoms with Crippen molar-refractivity contribution in [3.8, 4) is 17.0 Å². The number of aromatic amines is 1. The first kappa shape index (κ1) is 21.6. The number of carbonyl (C=O) groups excluding carboxylic acids is 2. The highest BCUT2D eigenvalue weighted by molar-refractivity contribution is 7.14. The van der Waals surface area contributed by atoms with Crippen molar-refractivity contribution in [3.63, 3.8) is 0 Å². The van der Waals surface area contributed by atoms with Crippen molar-refractivity contribution < 1.29 is 14.3 Å². The van der Waals surface area contributed by atoms with E-state index in [2.05, 4.69) is 20.6 Å². The Morgan fingerprint density at radius 1 is 1.09 bits per heavy atom. The molecular formula is C24H24N4O3S. The van der Waals surface area contributed by atoms with Gasteiger partial charge in [-0.25, -0.2) is 4.98 Å². The van der Waals surface area contributed by atoms with E-state index in [0.717, 1.165) is 22.2 Å². The number of benzene rings is 2. The summed E-state index contributed by atoms with van der Waals surface area (Å²) in [5, 5.41) is 9.15. The number of nitrogens with zero attached hydrogens (tertiary/aromatic N) is 1. The van der Waals surface area contributed by atoms with Gasteiger partial charge in [-0.05, 0) is 36.2 Å². The van der Waals surface area contributed by atoms with Crippen molar-refractivity contribution in [1.82, 2.24) is 15.3 Å². The van der Waals surface area contributed by atoms with E-state index in [1.165, 1.54) is 11.3 Å². The number of aromatic nitrogens is 2. The van der Waals surface area contributed by atoms with Crippen molar-refractivity contribution in [1.29, 1.82) is 0 Å². The quantitative estimate of drug-likeness (QED) is 0.382. The zero-order chi connectivity index (χ0) is 22.7. The molecule has 0 fully saturated rings. The third-order valence-corrected chi connectivity index (χ3v) is 5.95. The van der Waals surface area contributed by atoms with Crippen LogP contribution >= 0.6 is 11.3 Å². The van der Waals surface area contributed by atoms with Crippen LogP contribution in [0.3, 0.4) is 0 Å². The van der Waals surface area contributed by atoms with E-state index >= 15 is 0 Å². The van der Waals surface area contributed by atoms with E-state index in [9.17, 15) is 9.59 Å². The minimum atomic E-state index is -0.704. The van der Waals surface area contributed by atoms with E-state index in [0.29, 0.717) is 16.4 Å². The summed E-state index contributed by atoms with van der Waals surface area (Å²) < 4.78 is 5.12. The molecule has 0 saturated carbocycles. The highest BCUT2D eigenvalue weighted by Crippen LogP contribution is 2.31. The SMILES string of the molecule is COc1ccc(C(=O)NC(C(=O)Nc2nc(-c3c[nH]c4ccccc34)cs2)C(C)C)cc1. The number of thiazole rings is 1. The average molecular weight is 449 g/mol. The predicted molar refractivity (Wildman–Crippen MR) is 127 cm³/mol. The van der Waals surface area contributed by atoms with Gasteiger partial charge < -0.3 is 20.4 Å². The molecule has 3 N–H and O–H groups in total. The van der Waals surface area contributed by atoms with E-state index < -0.39 is 6.04 Å². The van der Waals surface area contributed by atoms with Crippen LogP contribution in [0.15, 0.2) is 60.1 Å². The normalized spacial score (nSPS) is 12.0. The van der Waals surface area contributed by atoms with Gasteiger partial charge in [-0.3, -0.25) is 9.59 Å². The Hall–Kier alpha value is -3.65. The molecule has 8 heteroatoms. The number of fused-ring (bicyclic) bond motifs is 1. The van der Waals surface area contributed by atoms with E-state index in [1.54, 1.807) is 31.4 Å². The van der Waals surface area contributed by atoms with Crippen LogP contribution in [0.25, 0.3) is 22.2 Å². The Morgan fingerprint density at radius 3 is 2.56 bits per heavy atom. The zero-order valence-electron chi connectivity index (χ0n) is 18.0. The van der Waals surface area contributed by atoms with Crippen LogP contribution in [-0.2, 0) is 4.79 Å². The molecule has 1 atom stereocenters.